The number of nitrogens with zero attached hydrogens (tertiary/aromatic N) is 2. The molecular formula is C11H21N3. The van der Waals surface area contributed by atoms with Gasteiger partial charge in [0.25, 0.3) is 0 Å². The summed E-state index contributed by atoms with van der Waals surface area (Å²) in [6, 6.07) is 2.80. The average Bonchev–Trinajstić information content (AvgIpc) is 2.22. The number of rotatable bonds is 3. The van der Waals surface area contributed by atoms with E-state index in [1.54, 1.807) is 0 Å². The van der Waals surface area contributed by atoms with Gasteiger partial charge in [0.15, 0.2) is 0 Å². The molecule has 1 rings (SSSR count). The summed E-state index contributed by atoms with van der Waals surface area (Å²) in [5.41, 5.74) is 6.03. The summed E-state index contributed by atoms with van der Waals surface area (Å²) < 4.78 is 0. The Balaban J connectivity index is 2.54. The maximum atomic E-state index is 8.98. The second kappa shape index (κ2) is 5.33. The zero-order valence-electron chi connectivity index (χ0n) is 9.24. The predicted octanol–water partition coefficient (Wildman–Crippen LogP) is 1.35. The van der Waals surface area contributed by atoms with Gasteiger partial charge in [-0.05, 0) is 18.8 Å². The van der Waals surface area contributed by atoms with Crippen LogP contribution in [0.3, 0.4) is 0 Å². The van der Waals surface area contributed by atoms with Gasteiger partial charge in [0.2, 0.25) is 0 Å². The van der Waals surface area contributed by atoms with Crippen molar-refractivity contribution in [2.24, 2.45) is 11.7 Å². The number of nitriles is 1. The van der Waals surface area contributed by atoms with Crippen LogP contribution in [0.1, 0.15) is 33.1 Å². The highest BCUT2D eigenvalue weighted by Crippen LogP contribution is 2.20. The molecule has 1 aliphatic rings. The third-order valence-corrected chi connectivity index (χ3v) is 3.33. The zero-order chi connectivity index (χ0) is 10.6. The van der Waals surface area contributed by atoms with Gasteiger partial charge in [0, 0.05) is 19.1 Å². The highest BCUT2D eigenvalue weighted by molar-refractivity contribution is 4.94. The Hall–Kier alpha value is -0.590. The van der Waals surface area contributed by atoms with Crippen molar-refractivity contribution >= 4 is 0 Å². The topological polar surface area (TPSA) is 53.0 Å². The maximum absolute atomic E-state index is 8.98. The van der Waals surface area contributed by atoms with Crippen LogP contribution in [0.2, 0.25) is 0 Å². The van der Waals surface area contributed by atoms with Crippen molar-refractivity contribution in [2.45, 2.75) is 45.2 Å². The Kier molecular flexibility index (Phi) is 4.37. The van der Waals surface area contributed by atoms with E-state index >= 15 is 0 Å². The molecule has 80 valence electrons. The molecule has 0 aliphatic carbocycles. The van der Waals surface area contributed by atoms with Crippen LogP contribution >= 0.6 is 0 Å². The smallest absolute Gasteiger partial charge is 0.0975 e. The third-order valence-electron chi connectivity index (χ3n) is 3.33. The Bertz CT molecular complexity index is 209. The Morgan fingerprint density at radius 2 is 2.29 bits per heavy atom. The molecule has 1 saturated heterocycles. The largest absolute Gasteiger partial charge is 0.327 e. The quantitative estimate of drug-likeness (QED) is 0.739. The predicted molar refractivity (Wildman–Crippen MR) is 57.6 cm³/mol. The Labute approximate surface area is 86.9 Å². The average molecular weight is 195 g/mol. The summed E-state index contributed by atoms with van der Waals surface area (Å²) in [6.07, 6.45) is 3.08. The van der Waals surface area contributed by atoms with Gasteiger partial charge in [-0.1, -0.05) is 20.3 Å². The van der Waals surface area contributed by atoms with Gasteiger partial charge in [-0.3, -0.25) is 4.90 Å². The van der Waals surface area contributed by atoms with Crippen LogP contribution in [0, 0.1) is 17.2 Å². The molecule has 3 heteroatoms. The summed E-state index contributed by atoms with van der Waals surface area (Å²) >= 11 is 0. The first-order valence-electron chi connectivity index (χ1n) is 5.62. The molecule has 3 nitrogen and oxygen atoms in total. The van der Waals surface area contributed by atoms with Gasteiger partial charge in [0.05, 0.1) is 12.1 Å². The maximum Gasteiger partial charge on any atom is 0.0975 e. The fourth-order valence-electron chi connectivity index (χ4n) is 2.22. The van der Waals surface area contributed by atoms with E-state index in [1.807, 2.05) is 0 Å². The molecular weight excluding hydrogens is 174 g/mol. The van der Waals surface area contributed by atoms with E-state index in [1.165, 1.54) is 0 Å². The summed E-state index contributed by atoms with van der Waals surface area (Å²) in [5, 5.41) is 8.98. The van der Waals surface area contributed by atoms with Gasteiger partial charge >= 0.3 is 0 Å². The minimum absolute atomic E-state index is 0.0940. The molecule has 2 N–H and O–H groups in total. The van der Waals surface area contributed by atoms with Gasteiger partial charge in [0.1, 0.15) is 0 Å². The molecule has 3 unspecified atom stereocenters. The van der Waals surface area contributed by atoms with Gasteiger partial charge in [-0.25, -0.2) is 0 Å². The van der Waals surface area contributed by atoms with E-state index in [2.05, 4.69) is 24.8 Å². The van der Waals surface area contributed by atoms with Crippen LogP contribution in [0.5, 0.6) is 0 Å². The van der Waals surface area contributed by atoms with E-state index in [4.69, 9.17) is 11.0 Å². The van der Waals surface area contributed by atoms with Crippen molar-refractivity contribution in [3.63, 3.8) is 0 Å². The second-order valence-corrected chi connectivity index (χ2v) is 4.17. The first-order chi connectivity index (χ1) is 6.72. The minimum atomic E-state index is 0.0940. The molecule has 1 heterocycles. The third kappa shape index (κ3) is 2.46. The summed E-state index contributed by atoms with van der Waals surface area (Å²) in [7, 11) is 0. The standard InChI is InChI=1S/C11H21N3/c1-3-9-8-14(6-5-11(9)13)10(4-2)7-12/h9-11H,3-6,8,13H2,1-2H3. The van der Waals surface area contributed by atoms with E-state index < -0.39 is 0 Å². The summed E-state index contributed by atoms with van der Waals surface area (Å²) in [5.74, 6) is 0.575. The summed E-state index contributed by atoms with van der Waals surface area (Å²) in [4.78, 5) is 2.29. The van der Waals surface area contributed by atoms with E-state index in [-0.39, 0.29) is 6.04 Å². The number of piperidine rings is 1. The molecule has 0 bridgehead atoms. The van der Waals surface area contributed by atoms with Crippen LogP contribution in [0.15, 0.2) is 0 Å². The Morgan fingerprint density at radius 1 is 1.57 bits per heavy atom. The lowest BCUT2D eigenvalue weighted by Crippen LogP contribution is -2.50. The molecule has 0 amide bonds. The normalized spacial score (nSPS) is 31.0. The lowest BCUT2D eigenvalue weighted by molar-refractivity contribution is 0.126. The molecule has 3 atom stereocenters. The SMILES string of the molecule is CCC1CN(C(C#N)CC)CCC1N. The molecule has 0 radical (unpaired) electrons. The highest BCUT2D eigenvalue weighted by atomic mass is 15.2. The molecule has 1 fully saturated rings. The van der Waals surface area contributed by atoms with Crippen LogP contribution < -0.4 is 5.73 Å². The van der Waals surface area contributed by atoms with E-state index in [0.717, 1.165) is 32.4 Å². The minimum Gasteiger partial charge on any atom is -0.327 e. The molecule has 14 heavy (non-hydrogen) atoms. The molecule has 0 spiro atoms. The first-order valence-corrected chi connectivity index (χ1v) is 5.62. The second-order valence-electron chi connectivity index (χ2n) is 4.17. The van der Waals surface area contributed by atoms with Crippen LogP contribution in [-0.2, 0) is 0 Å². The number of hydrogen-bond donors (Lipinski definition) is 1. The van der Waals surface area contributed by atoms with Crippen molar-refractivity contribution in [3.8, 4) is 6.07 Å². The van der Waals surface area contributed by atoms with Crippen LogP contribution in [0.25, 0.3) is 0 Å². The Morgan fingerprint density at radius 3 is 2.79 bits per heavy atom. The van der Waals surface area contributed by atoms with Crippen molar-refractivity contribution in [1.29, 1.82) is 5.26 Å². The first kappa shape index (κ1) is 11.5. The van der Waals surface area contributed by atoms with E-state index in [0.29, 0.717) is 12.0 Å². The highest BCUT2D eigenvalue weighted by Gasteiger charge is 2.28. The summed E-state index contributed by atoms with van der Waals surface area (Å²) in [6.45, 7) is 6.25. The van der Waals surface area contributed by atoms with Gasteiger partial charge in [-0.2, -0.15) is 5.26 Å². The van der Waals surface area contributed by atoms with Crippen molar-refractivity contribution in [3.05, 3.63) is 0 Å². The molecule has 0 aromatic carbocycles. The van der Waals surface area contributed by atoms with Crippen LogP contribution in [0.4, 0.5) is 0 Å². The molecule has 1 aliphatic heterocycles. The van der Waals surface area contributed by atoms with Gasteiger partial charge in [-0.15, -0.1) is 0 Å². The van der Waals surface area contributed by atoms with Crippen molar-refractivity contribution in [1.82, 2.24) is 4.90 Å². The fraction of sp³-hybridized carbons (Fsp3) is 0.909. The fourth-order valence-corrected chi connectivity index (χ4v) is 2.22. The lowest BCUT2D eigenvalue weighted by atomic mass is 9.90. The zero-order valence-corrected chi connectivity index (χ0v) is 9.24. The van der Waals surface area contributed by atoms with Crippen molar-refractivity contribution < 1.29 is 0 Å². The number of likely N-dealkylation sites (tertiary alicyclic amines) is 1. The number of nitrogens with two attached hydrogens (primary N) is 1. The molecule has 0 saturated carbocycles. The number of hydrogen-bond acceptors (Lipinski definition) is 3. The van der Waals surface area contributed by atoms with E-state index in [9.17, 15) is 0 Å². The molecule has 0 aromatic rings. The van der Waals surface area contributed by atoms with Crippen molar-refractivity contribution in [2.75, 3.05) is 13.1 Å². The monoisotopic (exact) mass is 195 g/mol. The van der Waals surface area contributed by atoms with Crippen LogP contribution in [-0.4, -0.2) is 30.1 Å². The lowest BCUT2D eigenvalue weighted by Gasteiger charge is -2.38. The molecule has 0 aromatic heterocycles. The van der Waals surface area contributed by atoms with Gasteiger partial charge < -0.3 is 5.73 Å².